The van der Waals surface area contributed by atoms with E-state index in [1.807, 2.05) is 30.3 Å². The van der Waals surface area contributed by atoms with Crippen molar-refractivity contribution in [3.63, 3.8) is 0 Å². The molecule has 3 N–H and O–H groups in total. The summed E-state index contributed by atoms with van der Waals surface area (Å²) in [5, 5.41) is 22.3. The molecule has 9 heteroatoms. The molecule has 0 spiro atoms. The van der Waals surface area contributed by atoms with Crippen LogP contribution in [0.15, 0.2) is 41.3 Å². The molecule has 2 heterocycles. The molecule has 3 rings (SSSR count). The second-order valence-electron chi connectivity index (χ2n) is 6.55. The number of rotatable bonds is 5. The molecular formula is C20H21N3O6. The van der Waals surface area contributed by atoms with E-state index in [0.29, 0.717) is 6.42 Å². The molecule has 1 fully saturated rings. The van der Waals surface area contributed by atoms with E-state index in [1.165, 1.54) is 6.20 Å². The van der Waals surface area contributed by atoms with Crippen molar-refractivity contribution in [2.24, 2.45) is 0 Å². The number of aliphatic hydroxyl groups is 2. The number of nitrogens with zero attached hydrogens (tertiary/aromatic N) is 2. The zero-order valence-electron chi connectivity index (χ0n) is 15.7. The second kappa shape index (κ2) is 8.87. The molecule has 9 nitrogen and oxygen atoms in total. The summed E-state index contributed by atoms with van der Waals surface area (Å²) in [6, 6.07) is 9.49. The first-order valence-corrected chi connectivity index (χ1v) is 9.00. The maximum absolute atomic E-state index is 12.4. The summed E-state index contributed by atoms with van der Waals surface area (Å²) in [5.41, 5.74) is 0.292. The van der Waals surface area contributed by atoms with Crippen LogP contribution >= 0.6 is 0 Å². The van der Waals surface area contributed by atoms with Crippen LogP contribution in [-0.2, 0) is 15.9 Å². The molecule has 1 amide bonds. The molecule has 1 aromatic carbocycles. The Balaban J connectivity index is 1.68. The number of hydrogen-bond acceptors (Lipinski definition) is 7. The molecule has 0 saturated carbocycles. The van der Waals surface area contributed by atoms with Gasteiger partial charge in [0.05, 0.1) is 18.3 Å². The lowest BCUT2D eigenvalue weighted by Gasteiger charge is -2.18. The summed E-state index contributed by atoms with van der Waals surface area (Å²) in [7, 11) is 0. The smallest absolute Gasteiger partial charge is 0.412 e. The molecule has 1 aliphatic rings. The predicted octanol–water partition coefficient (Wildman–Crippen LogP) is 0.655. The van der Waals surface area contributed by atoms with Crippen LogP contribution in [0.3, 0.4) is 0 Å². The van der Waals surface area contributed by atoms with Gasteiger partial charge in [0.15, 0.2) is 12.0 Å². The second-order valence-corrected chi connectivity index (χ2v) is 6.55. The minimum absolute atomic E-state index is 0.0921. The Bertz CT molecular complexity index is 968. The van der Waals surface area contributed by atoms with Gasteiger partial charge in [0.2, 0.25) is 0 Å². The van der Waals surface area contributed by atoms with Gasteiger partial charge in [-0.25, -0.2) is 9.59 Å². The lowest BCUT2D eigenvalue weighted by molar-refractivity contribution is -0.0350. The summed E-state index contributed by atoms with van der Waals surface area (Å²) in [6.45, 7) is 1.70. The average molecular weight is 399 g/mol. The van der Waals surface area contributed by atoms with Gasteiger partial charge in [0.1, 0.15) is 12.2 Å². The van der Waals surface area contributed by atoms with Crippen molar-refractivity contribution >= 4 is 11.9 Å². The van der Waals surface area contributed by atoms with Gasteiger partial charge in [-0.1, -0.05) is 36.3 Å². The first-order valence-electron chi connectivity index (χ1n) is 9.00. The van der Waals surface area contributed by atoms with Crippen molar-refractivity contribution in [3.8, 4) is 12.3 Å². The average Bonchev–Trinajstić information content (AvgIpc) is 2.96. The number of amides is 1. The molecule has 29 heavy (non-hydrogen) atoms. The fraction of sp³-hybridized carbons (Fsp3) is 0.350. The van der Waals surface area contributed by atoms with Gasteiger partial charge in [-0.15, -0.1) is 6.42 Å². The van der Waals surface area contributed by atoms with Crippen molar-refractivity contribution in [1.29, 1.82) is 0 Å². The van der Waals surface area contributed by atoms with Gasteiger partial charge >= 0.3 is 11.8 Å². The molecule has 1 aromatic heterocycles. The Kier molecular flexibility index (Phi) is 6.29. The zero-order valence-corrected chi connectivity index (χ0v) is 15.7. The van der Waals surface area contributed by atoms with Crippen molar-refractivity contribution in [3.05, 3.63) is 58.1 Å². The van der Waals surface area contributed by atoms with Crippen LogP contribution in [0.5, 0.6) is 0 Å². The van der Waals surface area contributed by atoms with Crippen LogP contribution in [0.25, 0.3) is 0 Å². The van der Waals surface area contributed by atoms with E-state index in [2.05, 4.69) is 16.2 Å². The minimum Gasteiger partial charge on any atom is -0.449 e. The van der Waals surface area contributed by atoms with E-state index >= 15 is 0 Å². The molecule has 0 unspecified atom stereocenters. The number of aromatic nitrogens is 2. The highest BCUT2D eigenvalue weighted by molar-refractivity contribution is 5.84. The Hall–Kier alpha value is -3.19. The van der Waals surface area contributed by atoms with Crippen LogP contribution in [0, 0.1) is 12.3 Å². The molecule has 4 atom stereocenters. The third-order valence-corrected chi connectivity index (χ3v) is 4.55. The van der Waals surface area contributed by atoms with E-state index in [9.17, 15) is 19.8 Å². The first-order chi connectivity index (χ1) is 13.9. The molecule has 1 aliphatic heterocycles. The monoisotopic (exact) mass is 399 g/mol. The lowest BCUT2D eigenvalue weighted by atomic mass is 10.1. The summed E-state index contributed by atoms with van der Waals surface area (Å²) in [6.07, 6.45) is 2.13. The predicted molar refractivity (Wildman–Crippen MR) is 103 cm³/mol. The highest BCUT2D eigenvalue weighted by Crippen LogP contribution is 2.28. The number of aliphatic hydroxyl groups excluding tert-OH is 2. The highest BCUT2D eigenvalue weighted by atomic mass is 16.6. The number of hydrogen-bond donors (Lipinski definition) is 3. The SMILES string of the molecule is C#Cc1cn([C@@H]2O[C@H](C)[C@@H](O)[C@H]2O)c(=O)nc1NC(=O)OCCc1ccccc1. The van der Waals surface area contributed by atoms with E-state index in [0.717, 1.165) is 10.1 Å². The van der Waals surface area contributed by atoms with Gasteiger partial charge in [0, 0.05) is 12.6 Å². The fourth-order valence-corrected chi connectivity index (χ4v) is 2.95. The Morgan fingerprint density at radius 3 is 2.69 bits per heavy atom. The van der Waals surface area contributed by atoms with Gasteiger partial charge in [-0.05, 0) is 12.5 Å². The largest absolute Gasteiger partial charge is 0.449 e. The topological polar surface area (TPSA) is 123 Å². The van der Waals surface area contributed by atoms with Crippen LogP contribution in [-0.4, -0.2) is 50.8 Å². The van der Waals surface area contributed by atoms with Gasteiger partial charge in [-0.3, -0.25) is 9.88 Å². The third-order valence-electron chi connectivity index (χ3n) is 4.55. The number of carbonyl (C=O) groups is 1. The number of nitrogens with one attached hydrogen (secondary N) is 1. The molecule has 152 valence electrons. The number of terminal acetylenes is 1. The van der Waals surface area contributed by atoms with Crippen LogP contribution in [0.1, 0.15) is 24.3 Å². The molecule has 0 aliphatic carbocycles. The van der Waals surface area contributed by atoms with Crippen molar-refractivity contribution in [2.75, 3.05) is 11.9 Å². The van der Waals surface area contributed by atoms with E-state index < -0.39 is 36.3 Å². The Morgan fingerprint density at radius 2 is 2.07 bits per heavy atom. The first kappa shape index (κ1) is 20.5. The number of benzene rings is 1. The van der Waals surface area contributed by atoms with Gasteiger partial charge in [0.25, 0.3) is 0 Å². The molecule has 1 saturated heterocycles. The molecule has 0 bridgehead atoms. The molecule has 2 aromatic rings. The fourth-order valence-electron chi connectivity index (χ4n) is 2.95. The minimum atomic E-state index is -1.32. The van der Waals surface area contributed by atoms with Crippen LogP contribution < -0.4 is 11.0 Å². The molecule has 0 radical (unpaired) electrons. The summed E-state index contributed by atoms with van der Waals surface area (Å²) >= 11 is 0. The van der Waals surface area contributed by atoms with Crippen molar-refractivity contribution in [1.82, 2.24) is 9.55 Å². The summed E-state index contributed by atoms with van der Waals surface area (Å²) in [5.74, 6) is 2.18. The van der Waals surface area contributed by atoms with E-state index in [4.69, 9.17) is 15.9 Å². The summed E-state index contributed by atoms with van der Waals surface area (Å²) < 4.78 is 11.5. The number of ether oxygens (including phenoxy) is 2. The highest BCUT2D eigenvalue weighted by Gasteiger charge is 2.42. The quantitative estimate of drug-likeness (QED) is 0.631. The Labute approximate surface area is 166 Å². The van der Waals surface area contributed by atoms with Crippen molar-refractivity contribution < 1.29 is 24.5 Å². The van der Waals surface area contributed by atoms with Gasteiger partial charge in [-0.2, -0.15) is 4.98 Å². The normalized spacial score (nSPS) is 23.4. The maximum Gasteiger partial charge on any atom is 0.412 e. The number of carbonyl (C=O) groups excluding carboxylic acids is 1. The Morgan fingerprint density at radius 1 is 1.34 bits per heavy atom. The van der Waals surface area contributed by atoms with Crippen LogP contribution in [0.2, 0.25) is 0 Å². The lowest BCUT2D eigenvalue weighted by Crippen LogP contribution is -2.36. The van der Waals surface area contributed by atoms with Crippen LogP contribution in [0.4, 0.5) is 10.6 Å². The van der Waals surface area contributed by atoms with Gasteiger partial charge < -0.3 is 19.7 Å². The molecular weight excluding hydrogens is 378 g/mol. The third kappa shape index (κ3) is 4.63. The maximum atomic E-state index is 12.4. The summed E-state index contributed by atoms with van der Waals surface area (Å²) in [4.78, 5) is 28.1. The standard InChI is InChI=1S/C20H21N3O6/c1-3-14-11-23(18-16(25)15(24)12(2)29-18)19(26)21-17(14)22-20(27)28-10-9-13-7-5-4-6-8-13/h1,4-8,11-12,15-16,18,24-25H,9-10H2,2H3,(H,21,22,26,27)/t12-,15-,16-,18-/m1/s1. The van der Waals surface area contributed by atoms with E-state index in [-0.39, 0.29) is 18.0 Å². The number of anilines is 1. The van der Waals surface area contributed by atoms with E-state index in [1.54, 1.807) is 6.92 Å². The van der Waals surface area contributed by atoms with Crippen molar-refractivity contribution in [2.45, 2.75) is 37.9 Å². The zero-order chi connectivity index (χ0) is 21.0.